The number of hydrogen-bond donors (Lipinski definition) is 2. The van der Waals surface area contributed by atoms with Gasteiger partial charge in [0.2, 0.25) is 11.0 Å². The minimum absolute atomic E-state index is 0.0499. The second-order valence-corrected chi connectivity index (χ2v) is 6.46. The number of hydrogen-bond acceptors (Lipinski definition) is 4. The van der Waals surface area contributed by atoms with Gasteiger partial charge >= 0.3 is 0 Å². The van der Waals surface area contributed by atoms with Crippen LogP contribution in [-0.4, -0.2) is 4.92 Å². The zero-order valence-corrected chi connectivity index (χ0v) is 15.4. The van der Waals surface area contributed by atoms with Crippen molar-refractivity contribution < 1.29 is 14.3 Å². The van der Waals surface area contributed by atoms with E-state index in [0.717, 1.165) is 16.5 Å². The molecule has 29 heavy (non-hydrogen) atoms. The van der Waals surface area contributed by atoms with Crippen LogP contribution in [0.15, 0.2) is 95.4 Å². The lowest BCUT2D eigenvalue weighted by atomic mass is 10.1. The lowest BCUT2D eigenvalue weighted by Crippen LogP contribution is -2.70. The van der Waals surface area contributed by atoms with Gasteiger partial charge in [-0.25, -0.2) is 4.99 Å². The van der Waals surface area contributed by atoms with Crippen LogP contribution in [0.25, 0.3) is 22.6 Å². The first-order valence-corrected chi connectivity index (χ1v) is 9.00. The molecule has 1 heterocycles. The first-order valence-electron chi connectivity index (χ1n) is 9.00. The van der Waals surface area contributed by atoms with Crippen molar-refractivity contribution in [2.45, 2.75) is 0 Å². The van der Waals surface area contributed by atoms with Gasteiger partial charge < -0.3 is 10.2 Å². The molecular weight excluding hydrogens is 366 g/mol. The number of rotatable bonds is 4. The van der Waals surface area contributed by atoms with Crippen molar-refractivity contribution in [3.05, 3.63) is 106 Å². The fraction of sp³-hybridized carbons (Fsp3) is 0. The highest BCUT2D eigenvalue weighted by atomic mass is 16.6. The number of nitro groups is 1. The highest BCUT2D eigenvalue weighted by Gasteiger charge is 2.13. The number of nitrogens with two attached hydrogens (primary N) is 1. The molecule has 0 saturated carbocycles. The van der Waals surface area contributed by atoms with E-state index in [9.17, 15) is 10.1 Å². The maximum atomic E-state index is 10.9. The summed E-state index contributed by atoms with van der Waals surface area (Å²) < 4.78 is 6.15. The molecule has 0 fully saturated rings. The van der Waals surface area contributed by atoms with Crippen molar-refractivity contribution >= 4 is 17.1 Å². The summed E-state index contributed by atoms with van der Waals surface area (Å²) in [7, 11) is 0. The van der Waals surface area contributed by atoms with Crippen molar-refractivity contribution in [3.63, 3.8) is 0 Å². The molecule has 0 aliphatic carbocycles. The summed E-state index contributed by atoms with van der Waals surface area (Å²) in [5.41, 5.74) is 8.71. The highest BCUT2D eigenvalue weighted by molar-refractivity contribution is 5.63. The molecular formula is C23H18N3O3+. The summed E-state index contributed by atoms with van der Waals surface area (Å²) in [6, 6.07) is 27.7. The van der Waals surface area contributed by atoms with Gasteiger partial charge in [-0.1, -0.05) is 60.7 Å². The topological polar surface area (TPSA) is 96.3 Å². The average molecular weight is 384 g/mol. The number of nitrogens with one attached hydrogen (secondary N) is 1. The van der Waals surface area contributed by atoms with Gasteiger partial charge in [-0.3, -0.25) is 10.1 Å². The van der Waals surface area contributed by atoms with Crippen LogP contribution >= 0.6 is 0 Å². The van der Waals surface area contributed by atoms with E-state index >= 15 is 0 Å². The van der Waals surface area contributed by atoms with Gasteiger partial charge in [0.25, 0.3) is 5.69 Å². The number of non-ortho nitro benzene ring substituents is 1. The SMILES string of the molecule is Nc1cc([N+](=O)[O-])ccc1[NH+]=c1cc(-c2ccccc2)oc(-c2ccccc2)c1. The Bertz CT molecular complexity index is 1170. The van der Waals surface area contributed by atoms with E-state index in [-0.39, 0.29) is 5.69 Å². The van der Waals surface area contributed by atoms with Crippen LogP contribution < -0.4 is 16.1 Å². The van der Waals surface area contributed by atoms with E-state index in [1.807, 2.05) is 72.8 Å². The molecule has 0 unspecified atom stereocenters. The van der Waals surface area contributed by atoms with Crippen LogP contribution in [0.2, 0.25) is 0 Å². The lowest BCUT2D eigenvalue weighted by Gasteiger charge is -2.05. The smallest absolute Gasteiger partial charge is 0.271 e. The molecule has 1 aromatic heterocycles. The third kappa shape index (κ3) is 4.06. The zero-order valence-electron chi connectivity index (χ0n) is 15.4. The second-order valence-electron chi connectivity index (χ2n) is 6.46. The molecule has 3 N–H and O–H groups in total. The summed E-state index contributed by atoms with van der Waals surface area (Å²) in [6.07, 6.45) is 0. The van der Waals surface area contributed by atoms with Crippen molar-refractivity contribution in [1.29, 1.82) is 0 Å². The van der Waals surface area contributed by atoms with Gasteiger partial charge in [0.05, 0.1) is 17.1 Å². The number of nitro benzene ring substituents is 1. The molecule has 0 radical (unpaired) electrons. The van der Waals surface area contributed by atoms with Crippen molar-refractivity contribution in [2.24, 2.45) is 0 Å². The van der Waals surface area contributed by atoms with E-state index in [0.29, 0.717) is 22.9 Å². The van der Waals surface area contributed by atoms with Crippen LogP contribution in [0.5, 0.6) is 0 Å². The lowest BCUT2D eigenvalue weighted by molar-refractivity contribution is -0.402. The third-order valence-corrected chi connectivity index (χ3v) is 4.43. The van der Waals surface area contributed by atoms with E-state index in [1.165, 1.54) is 12.1 Å². The first kappa shape index (κ1) is 18.2. The van der Waals surface area contributed by atoms with Crippen LogP contribution in [0.3, 0.4) is 0 Å². The van der Waals surface area contributed by atoms with Gasteiger partial charge in [-0.05, 0) is 0 Å². The van der Waals surface area contributed by atoms with Crippen LogP contribution in [-0.2, 0) is 0 Å². The largest absolute Gasteiger partial charge is 0.456 e. The molecule has 142 valence electrons. The molecule has 0 aliphatic heterocycles. The number of nitrogen functional groups attached to an aromatic ring is 1. The second kappa shape index (κ2) is 7.82. The van der Waals surface area contributed by atoms with Gasteiger partial charge in [0, 0.05) is 29.3 Å². The molecule has 3 aromatic carbocycles. The molecule has 6 heteroatoms. The zero-order chi connectivity index (χ0) is 20.2. The minimum atomic E-state index is -0.470. The number of anilines is 1. The van der Waals surface area contributed by atoms with Crippen LogP contribution in [0.1, 0.15) is 0 Å². The predicted octanol–water partition coefficient (Wildman–Crippen LogP) is 3.42. The summed E-state index contributed by atoms with van der Waals surface area (Å²) in [4.78, 5) is 13.7. The molecule has 0 spiro atoms. The normalized spacial score (nSPS) is 10.5. The molecule has 4 aromatic rings. The van der Waals surface area contributed by atoms with E-state index < -0.39 is 4.92 Å². The van der Waals surface area contributed by atoms with Crippen molar-refractivity contribution in [2.75, 3.05) is 5.73 Å². The molecule has 0 bridgehead atoms. The maximum Gasteiger partial charge on any atom is 0.271 e. The van der Waals surface area contributed by atoms with Gasteiger partial charge in [0.1, 0.15) is 17.2 Å². The summed E-state index contributed by atoms with van der Waals surface area (Å²) in [5, 5.41) is 11.7. The van der Waals surface area contributed by atoms with Crippen LogP contribution in [0, 0.1) is 10.1 Å². The molecule has 0 atom stereocenters. The van der Waals surface area contributed by atoms with E-state index in [1.54, 1.807) is 6.07 Å². The Morgan fingerprint density at radius 1 is 0.793 bits per heavy atom. The van der Waals surface area contributed by atoms with Crippen molar-refractivity contribution in [3.8, 4) is 22.6 Å². The Balaban J connectivity index is 1.89. The minimum Gasteiger partial charge on any atom is -0.456 e. The molecule has 4 rings (SSSR count). The summed E-state index contributed by atoms with van der Waals surface area (Å²) in [5.74, 6) is 1.38. The van der Waals surface area contributed by atoms with Crippen molar-refractivity contribution in [1.82, 2.24) is 0 Å². The summed E-state index contributed by atoms with van der Waals surface area (Å²) in [6.45, 7) is 0. The molecule has 0 amide bonds. The van der Waals surface area contributed by atoms with E-state index in [2.05, 4.69) is 4.99 Å². The Hall–Kier alpha value is -4.19. The highest BCUT2D eigenvalue weighted by Crippen LogP contribution is 2.24. The number of nitrogens with zero attached hydrogens (tertiary/aromatic N) is 1. The van der Waals surface area contributed by atoms with Gasteiger partial charge in [-0.2, -0.15) is 0 Å². The Morgan fingerprint density at radius 2 is 1.34 bits per heavy atom. The fourth-order valence-corrected chi connectivity index (χ4v) is 3.00. The third-order valence-electron chi connectivity index (χ3n) is 4.43. The first-order chi connectivity index (χ1) is 14.1. The Morgan fingerprint density at radius 3 is 1.83 bits per heavy atom. The standard InChI is InChI=1S/C23H17N3O3/c24-20-15-19(26(27)28)11-12-21(20)25-18-13-22(16-7-3-1-4-8-16)29-23(14-18)17-9-5-2-6-10-17/h1-15H,24H2/p+1. The van der Waals surface area contributed by atoms with Crippen LogP contribution in [0.4, 0.5) is 17.1 Å². The molecule has 0 saturated heterocycles. The average Bonchev–Trinajstić information content (AvgIpc) is 2.76. The number of benzene rings is 3. The molecule has 0 aliphatic rings. The molecule has 6 nitrogen and oxygen atoms in total. The summed E-state index contributed by atoms with van der Waals surface area (Å²) >= 11 is 0. The van der Waals surface area contributed by atoms with Gasteiger partial charge in [-0.15, -0.1) is 0 Å². The monoisotopic (exact) mass is 384 g/mol. The fourth-order valence-electron chi connectivity index (χ4n) is 3.00. The predicted molar refractivity (Wildman–Crippen MR) is 111 cm³/mol. The Labute approximate surface area is 166 Å². The van der Waals surface area contributed by atoms with E-state index in [4.69, 9.17) is 10.2 Å². The quantitative estimate of drug-likeness (QED) is 0.320. The maximum absolute atomic E-state index is 10.9. The Kier molecular flexibility index (Phi) is 4.90. The van der Waals surface area contributed by atoms with Gasteiger partial charge in [0.15, 0.2) is 0 Å².